The molecule has 6 heteroatoms. The van der Waals surface area contributed by atoms with Crippen LogP contribution in [-0.2, 0) is 4.79 Å². The van der Waals surface area contributed by atoms with Crippen molar-refractivity contribution in [1.29, 1.82) is 0 Å². The van der Waals surface area contributed by atoms with Crippen LogP contribution < -0.4 is 5.73 Å². The highest BCUT2D eigenvalue weighted by molar-refractivity contribution is 5.90. The summed E-state index contributed by atoms with van der Waals surface area (Å²) in [7, 11) is 0. The van der Waals surface area contributed by atoms with Gasteiger partial charge < -0.3 is 21.1 Å². The molecular weight excluding hydrogens is 238 g/mol. The van der Waals surface area contributed by atoms with Gasteiger partial charge in [0, 0.05) is 5.56 Å². The van der Waals surface area contributed by atoms with Crippen LogP contribution in [0, 0.1) is 6.92 Å². The molecule has 0 saturated carbocycles. The predicted molar refractivity (Wildman–Crippen MR) is 62.9 cm³/mol. The molecule has 0 radical (unpaired) electrons. The molecule has 0 aliphatic carbocycles. The van der Waals surface area contributed by atoms with E-state index in [0.717, 1.165) is 0 Å². The molecule has 0 aromatic heterocycles. The monoisotopic (exact) mass is 253 g/mol. The lowest BCUT2D eigenvalue weighted by molar-refractivity contribution is -0.121. The first-order chi connectivity index (χ1) is 8.34. The van der Waals surface area contributed by atoms with Crippen LogP contribution in [-0.4, -0.2) is 33.3 Å². The number of hydrogen-bond acceptors (Lipinski definition) is 4. The van der Waals surface area contributed by atoms with Crippen LogP contribution in [0.15, 0.2) is 18.2 Å². The Morgan fingerprint density at radius 2 is 1.94 bits per heavy atom. The van der Waals surface area contributed by atoms with Crippen LogP contribution in [0.4, 0.5) is 0 Å². The Balaban J connectivity index is 3.15. The van der Waals surface area contributed by atoms with E-state index in [1.807, 2.05) is 0 Å². The highest BCUT2D eigenvalue weighted by Crippen LogP contribution is 2.26. The molecule has 0 fully saturated rings. The highest BCUT2D eigenvalue weighted by atomic mass is 16.4. The van der Waals surface area contributed by atoms with Crippen LogP contribution in [0.25, 0.3) is 0 Å². The number of aliphatic hydroxyl groups excluding tert-OH is 2. The van der Waals surface area contributed by atoms with Gasteiger partial charge in [0.1, 0.15) is 6.10 Å². The number of carboxylic acids is 1. The number of amides is 1. The van der Waals surface area contributed by atoms with E-state index in [1.54, 1.807) is 13.0 Å². The zero-order valence-electron chi connectivity index (χ0n) is 9.83. The number of carbonyl (C=O) groups is 2. The van der Waals surface area contributed by atoms with Crippen molar-refractivity contribution in [3.8, 4) is 0 Å². The molecule has 0 bridgehead atoms. The average molecular weight is 253 g/mol. The van der Waals surface area contributed by atoms with Gasteiger partial charge in [-0.15, -0.1) is 0 Å². The summed E-state index contributed by atoms with van der Waals surface area (Å²) in [5, 5.41) is 28.6. The van der Waals surface area contributed by atoms with Crippen LogP contribution in [0.5, 0.6) is 0 Å². The normalized spacial score (nSPS) is 13.9. The maximum Gasteiger partial charge on any atom is 0.336 e. The van der Waals surface area contributed by atoms with Crippen molar-refractivity contribution >= 4 is 11.9 Å². The zero-order chi connectivity index (χ0) is 13.9. The van der Waals surface area contributed by atoms with Crippen molar-refractivity contribution < 1.29 is 24.9 Å². The van der Waals surface area contributed by atoms with Crippen LogP contribution in [0.3, 0.4) is 0 Å². The van der Waals surface area contributed by atoms with E-state index in [2.05, 4.69) is 0 Å². The van der Waals surface area contributed by atoms with E-state index < -0.39 is 30.5 Å². The Kier molecular flexibility index (Phi) is 4.41. The lowest BCUT2D eigenvalue weighted by Crippen LogP contribution is -2.27. The van der Waals surface area contributed by atoms with Gasteiger partial charge in [0.25, 0.3) is 0 Å². The molecule has 2 atom stereocenters. The second kappa shape index (κ2) is 5.61. The number of carboxylic acid groups (broad SMARTS) is 1. The molecule has 5 N–H and O–H groups in total. The quantitative estimate of drug-likeness (QED) is 0.587. The van der Waals surface area contributed by atoms with E-state index in [9.17, 15) is 19.8 Å². The second-order valence-corrected chi connectivity index (χ2v) is 4.02. The van der Waals surface area contributed by atoms with Gasteiger partial charge in [-0.05, 0) is 18.6 Å². The van der Waals surface area contributed by atoms with Crippen LogP contribution in [0.1, 0.15) is 34.0 Å². The van der Waals surface area contributed by atoms with Crippen molar-refractivity contribution in [2.24, 2.45) is 5.73 Å². The lowest BCUT2D eigenvalue weighted by Gasteiger charge is -2.20. The molecule has 1 amide bonds. The third kappa shape index (κ3) is 3.06. The molecule has 0 aliphatic rings. The van der Waals surface area contributed by atoms with Crippen molar-refractivity contribution in [2.45, 2.75) is 25.6 Å². The van der Waals surface area contributed by atoms with Gasteiger partial charge >= 0.3 is 5.97 Å². The standard InChI is InChI=1S/C12H15NO5/c1-6-3-2-4-7(12(17)18)10(6)11(16)8(14)5-9(13)15/h2-4,8,11,14,16H,5H2,1H3,(H2,13,15)(H,17,18). The average Bonchev–Trinajstić information content (AvgIpc) is 2.26. The summed E-state index contributed by atoms with van der Waals surface area (Å²) in [4.78, 5) is 21.7. The smallest absolute Gasteiger partial charge is 0.336 e. The molecule has 0 spiro atoms. The van der Waals surface area contributed by atoms with Crippen molar-refractivity contribution in [2.75, 3.05) is 0 Å². The molecule has 98 valence electrons. The number of aryl methyl sites for hydroxylation is 1. The summed E-state index contributed by atoms with van der Waals surface area (Å²) in [5.41, 5.74) is 5.43. The summed E-state index contributed by atoms with van der Waals surface area (Å²) in [6.07, 6.45) is -3.33. The topological polar surface area (TPSA) is 121 Å². The molecule has 1 aromatic rings. The zero-order valence-corrected chi connectivity index (χ0v) is 9.83. The first-order valence-corrected chi connectivity index (χ1v) is 5.31. The minimum atomic E-state index is -1.47. The molecule has 0 heterocycles. The van der Waals surface area contributed by atoms with Gasteiger partial charge in [0.15, 0.2) is 0 Å². The minimum absolute atomic E-state index is 0.0961. The first-order valence-electron chi connectivity index (χ1n) is 5.31. The fourth-order valence-electron chi connectivity index (χ4n) is 1.77. The number of aliphatic hydroxyl groups is 2. The summed E-state index contributed by atoms with van der Waals surface area (Å²) in [6.45, 7) is 1.61. The van der Waals surface area contributed by atoms with Gasteiger partial charge in [-0.1, -0.05) is 12.1 Å². The number of nitrogens with two attached hydrogens (primary N) is 1. The molecule has 18 heavy (non-hydrogen) atoms. The number of carbonyl (C=O) groups excluding carboxylic acids is 1. The Morgan fingerprint density at radius 1 is 1.33 bits per heavy atom. The van der Waals surface area contributed by atoms with Gasteiger partial charge in [0.05, 0.1) is 18.1 Å². The van der Waals surface area contributed by atoms with Gasteiger partial charge in [0.2, 0.25) is 5.91 Å². The number of rotatable bonds is 5. The lowest BCUT2D eigenvalue weighted by atomic mass is 9.93. The maximum absolute atomic E-state index is 11.0. The van der Waals surface area contributed by atoms with E-state index in [1.165, 1.54) is 12.1 Å². The fourth-order valence-corrected chi connectivity index (χ4v) is 1.77. The number of benzene rings is 1. The van der Waals surface area contributed by atoms with E-state index in [4.69, 9.17) is 10.8 Å². The maximum atomic E-state index is 11.0. The Morgan fingerprint density at radius 3 is 2.44 bits per heavy atom. The Labute approximate surface area is 104 Å². The minimum Gasteiger partial charge on any atom is -0.478 e. The third-order valence-electron chi connectivity index (χ3n) is 2.63. The van der Waals surface area contributed by atoms with E-state index in [0.29, 0.717) is 5.56 Å². The second-order valence-electron chi connectivity index (χ2n) is 4.02. The molecule has 1 aromatic carbocycles. The van der Waals surface area contributed by atoms with Crippen molar-refractivity contribution in [1.82, 2.24) is 0 Å². The Bertz CT molecular complexity index is 472. The predicted octanol–water partition coefficient (Wildman–Crippen LogP) is -0.0371. The number of hydrogen-bond donors (Lipinski definition) is 4. The summed E-state index contributed by atoms with van der Waals surface area (Å²) < 4.78 is 0. The molecule has 1 rings (SSSR count). The molecule has 2 unspecified atom stereocenters. The number of aromatic carboxylic acids is 1. The summed E-state index contributed by atoms with van der Waals surface area (Å²) in [6, 6.07) is 4.47. The molecule has 0 saturated heterocycles. The summed E-state index contributed by atoms with van der Waals surface area (Å²) >= 11 is 0. The van der Waals surface area contributed by atoms with Crippen LogP contribution >= 0.6 is 0 Å². The largest absolute Gasteiger partial charge is 0.478 e. The Hall–Kier alpha value is -1.92. The van der Waals surface area contributed by atoms with Gasteiger partial charge in [-0.2, -0.15) is 0 Å². The van der Waals surface area contributed by atoms with Crippen molar-refractivity contribution in [3.05, 3.63) is 34.9 Å². The number of primary amides is 1. The van der Waals surface area contributed by atoms with E-state index >= 15 is 0 Å². The van der Waals surface area contributed by atoms with Gasteiger partial charge in [-0.25, -0.2) is 4.79 Å². The molecular formula is C12H15NO5. The van der Waals surface area contributed by atoms with Crippen molar-refractivity contribution in [3.63, 3.8) is 0 Å². The SMILES string of the molecule is Cc1cccc(C(=O)O)c1C(O)C(O)CC(N)=O. The molecule has 6 nitrogen and oxygen atoms in total. The third-order valence-corrected chi connectivity index (χ3v) is 2.63. The van der Waals surface area contributed by atoms with Crippen LogP contribution in [0.2, 0.25) is 0 Å². The van der Waals surface area contributed by atoms with Gasteiger partial charge in [-0.3, -0.25) is 4.79 Å². The fraction of sp³-hybridized carbons (Fsp3) is 0.333. The first kappa shape index (κ1) is 14.1. The molecule has 0 aliphatic heterocycles. The highest BCUT2D eigenvalue weighted by Gasteiger charge is 2.26. The summed E-state index contributed by atoms with van der Waals surface area (Å²) in [5.74, 6) is -1.98. The van der Waals surface area contributed by atoms with E-state index in [-0.39, 0.29) is 11.1 Å².